The number of amides is 1. The summed E-state index contributed by atoms with van der Waals surface area (Å²) in [5, 5.41) is 3.48. The molecule has 0 fully saturated rings. The highest BCUT2D eigenvalue weighted by atomic mass is 127. The molecule has 7 nitrogen and oxygen atoms in total. The van der Waals surface area contributed by atoms with Crippen molar-refractivity contribution in [1.82, 2.24) is 15.0 Å². The number of halogens is 1. The minimum Gasteiger partial charge on any atom is -0.495 e. The van der Waals surface area contributed by atoms with Crippen LogP contribution in [0.2, 0.25) is 0 Å². The SMILES string of the molecule is COc1ccc(NC(=O)CSc2nc3cc(I)ncc3[nH]2)cc1N. The van der Waals surface area contributed by atoms with Gasteiger partial charge < -0.3 is 20.8 Å². The van der Waals surface area contributed by atoms with Crippen molar-refractivity contribution >= 4 is 62.7 Å². The van der Waals surface area contributed by atoms with Gasteiger partial charge in [0.25, 0.3) is 0 Å². The lowest BCUT2D eigenvalue weighted by atomic mass is 10.2. The number of hydrogen-bond donors (Lipinski definition) is 3. The van der Waals surface area contributed by atoms with E-state index in [1.165, 1.54) is 11.8 Å². The van der Waals surface area contributed by atoms with Crippen molar-refractivity contribution in [2.45, 2.75) is 5.16 Å². The smallest absolute Gasteiger partial charge is 0.234 e. The number of ether oxygens (including phenoxy) is 1. The van der Waals surface area contributed by atoms with Crippen LogP contribution in [0.25, 0.3) is 11.0 Å². The summed E-state index contributed by atoms with van der Waals surface area (Å²) in [7, 11) is 1.55. The van der Waals surface area contributed by atoms with Crippen LogP contribution in [0.3, 0.4) is 0 Å². The molecule has 0 aliphatic rings. The van der Waals surface area contributed by atoms with Gasteiger partial charge in [-0.2, -0.15) is 0 Å². The molecular formula is C15H14IN5O2S. The molecule has 0 aliphatic carbocycles. The third-order valence-electron chi connectivity index (χ3n) is 3.17. The molecule has 0 saturated heterocycles. The maximum atomic E-state index is 12.1. The summed E-state index contributed by atoms with van der Waals surface area (Å²) >= 11 is 3.46. The summed E-state index contributed by atoms with van der Waals surface area (Å²) in [4.78, 5) is 23.8. The molecule has 0 saturated carbocycles. The monoisotopic (exact) mass is 455 g/mol. The number of pyridine rings is 1. The normalized spacial score (nSPS) is 10.8. The van der Waals surface area contributed by atoms with Crippen molar-refractivity contribution < 1.29 is 9.53 Å². The zero-order chi connectivity index (χ0) is 17.1. The fourth-order valence-electron chi connectivity index (χ4n) is 2.07. The van der Waals surface area contributed by atoms with Crippen molar-refractivity contribution in [2.75, 3.05) is 23.9 Å². The molecule has 0 radical (unpaired) electrons. The molecule has 9 heteroatoms. The number of carbonyl (C=O) groups is 1. The Morgan fingerprint density at radius 1 is 1.46 bits per heavy atom. The number of anilines is 2. The van der Waals surface area contributed by atoms with Crippen LogP contribution in [0.4, 0.5) is 11.4 Å². The first-order chi connectivity index (χ1) is 11.5. The van der Waals surface area contributed by atoms with Gasteiger partial charge in [0.05, 0.1) is 35.8 Å². The zero-order valence-electron chi connectivity index (χ0n) is 12.7. The van der Waals surface area contributed by atoms with Gasteiger partial charge in [-0.25, -0.2) is 9.97 Å². The Kier molecular flexibility index (Phi) is 5.09. The number of benzene rings is 1. The van der Waals surface area contributed by atoms with Gasteiger partial charge in [0, 0.05) is 5.69 Å². The first kappa shape index (κ1) is 16.8. The number of carbonyl (C=O) groups excluding carboxylic acids is 1. The number of nitrogens with zero attached hydrogens (tertiary/aromatic N) is 2. The molecule has 24 heavy (non-hydrogen) atoms. The van der Waals surface area contributed by atoms with Crippen LogP contribution in [0.5, 0.6) is 5.75 Å². The molecule has 0 unspecified atom stereocenters. The van der Waals surface area contributed by atoms with Crippen LogP contribution in [-0.2, 0) is 4.79 Å². The van der Waals surface area contributed by atoms with Crippen LogP contribution in [0.15, 0.2) is 35.6 Å². The third-order valence-corrected chi connectivity index (χ3v) is 4.63. The van der Waals surface area contributed by atoms with E-state index >= 15 is 0 Å². The largest absolute Gasteiger partial charge is 0.495 e. The first-order valence-corrected chi connectivity index (χ1v) is 8.99. The Labute approximate surface area is 155 Å². The fraction of sp³-hybridized carbons (Fsp3) is 0.133. The quantitative estimate of drug-likeness (QED) is 0.237. The summed E-state index contributed by atoms with van der Waals surface area (Å²) in [5.74, 6) is 0.668. The number of nitrogen functional groups attached to an aromatic ring is 1. The second-order valence-electron chi connectivity index (χ2n) is 4.86. The number of imidazole rings is 1. The van der Waals surface area contributed by atoms with Gasteiger partial charge in [-0.1, -0.05) is 11.8 Å². The van der Waals surface area contributed by atoms with Gasteiger partial charge in [-0.3, -0.25) is 4.79 Å². The second kappa shape index (κ2) is 7.26. The molecule has 4 N–H and O–H groups in total. The molecule has 0 atom stereocenters. The maximum absolute atomic E-state index is 12.1. The van der Waals surface area contributed by atoms with Crippen LogP contribution in [-0.4, -0.2) is 33.7 Å². The first-order valence-electron chi connectivity index (χ1n) is 6.92. The highest BCUT2D eigenvalue weighted by Gasteiger charge is 2.09. The van der Waals surface area contributed by atoms with Gasteiger partial charge in [0.2, 0.25) is 5.91 Å². The average Bonchev–Trinajstić information content (AvgIpc) is 2.95. The van der Waals surface area contributed by atoms with Crippen molar-refractivity contribution in [2.24, 2.45) is 0 Å². The average molecular weight is 455 g/mol. The molecule has 3 aromatic rings. The molecule has 0 bridgehead atoms. The van der Waals surface area contributed by atoms with Crippen molar-refractivity contribution in [1.29, 1.82) is 0 Å². The Bertz CT molecular complexity index is 899. The summed E-state index contributed by atoms with van der Waals surface area (Å²) in [6, 6.07) is 7.01. The standard InChI is InChI=1S/C15H14IN5O2S/c1-23-12-3-2-8(4-9(12)17)19-14(22)7-24-15-20-10-5-13(16)18-6-11(10)21-15/h2-6H,7,17H2,1H3,(H,19,22)(H,20,21). The Hall–Kier alpha value is -2.01. The summed E-state index contributed by atoms with van der Waals surface area (Å²) in [6.45, 7) is 0. The van der Waals surface area contributed by atoms with Crippen LogP contribution in [0.1, 0.15) is 0 Å². The Morgan fingerprint density at radius 2 is 2.29 bits per heavy atom. The number of aromatic nitrogens is 3. The van der Waals surface area contributed by atoms with Gasteiger partial charge >= 0.3 is 0 Å². The van der Waals surface area contributed by atoms with E-state index in [2.05, 4.69) is 42.9 Å². The van der Waals surface area contributed by atoms with Crippen LogP contribution in [0, 0.1) is 3.70 Å². The summed E-state index contributed by atoms with van der Waals surface area (Å²) in [6.07, 6.45) is 1.73. The number of rotatable bonds is 5. The van der Waals surface area contributed by atoms with Gasteiger partial charge in [0.15, 0.2) is 5.16 Å². The molecule has 0 spiro atoms. The highest BCUT2D eigenvalue weighted by molar-refractivity contribution is 14.1. The number of nitrogens with two attached hydrogens (primary N) is 1. The van der Waals surface area contributed by atoms with Crippen molar-refractivity contribution in [3.8, 4) is 5.75 Å². The van der Waals surface area contributed by atoms with E-state index in [0.29, 0.717) is 22.3 Å². The number of aromatic amines is 1. The Morgan fingerprint density at radius 3 is 3.04 bits per heavy atom. The lowest BCUT2D eigenvalue weighted by Crippen LogP contribution is -2.14. The van der Waals surface area contributed by atoms with Crippen molar-refractivity contribution in [3.05, 3.63) is 34.2 Å². The topological polar surface area (TPSA) is 106 Å². The lowest BCUT2D eigenvalue weighted by Gasteiger charge is -2.08. The number of methoxy groups -OCH3 is 1. The van der Waals surface area contributed by atoms with E-state index in [4.69, 9.17) is 10.5 Å². The predicted molar refractivity (Wildman–Crippen MR) is 103 cm³/mol. The van der Waals surface area contributed by atoms with E-state index < -0.39 is 0 Å². The molecule has 124 valence electrons. The maximum Gasteiger partial charge on any atom is 0.234 e. The van der Waals surface area contributed by atoms with Gasteiger partial charge in [-0.15, -0.1) is 0 Å². The van der Waals surface area contributed by atoms with Crippen molar-refractivity contribution in [3.63, 3.8) is 0 Å². The molecule has 2 heterocycles. The van der Waals surface area contributed by atoms with E-state index in [0.717, 1.165) is 14.7 Å². The van der Waals surface area contributed by atoms with E-state index in [1.54, 1.807) is 31.5 Å². The molecule has 3 rings (SSSR count). The van der Waals surface area contributed by atoms with E-state index in [-0.39, 0.29) is 11.7 Å². The Balaban J connectivity index is 1.61. The third kappa shape index (κ3) is 3.90. The fourth-order valence-corrected chi connectivity index (χ4v) is 3.19. The number of fused-ring (bicyclic) bond motifs is 1. The summed E-state index contributed by atoms with van der Waals surface area (Å²) < 4.78 is 5.96. The highest BCUT2D eigenvalue weighted by Crippen LogP contribution is 2.25. The van der Waals surface area contributed by atoms with E-state index in [1.807, 2.05) is 6.07 Å². The molecule has 1 amide bonds. The minimum absolute atomic E-state index is 0.141. The number of H-pyrrole nitrogens is 1. The number of thioether (sulfide) groups is 1. The molecular weight excluding hydrogens is 441 g/mol. The number of hydrogen-bond acceptors (Lipinski definition) is 6. The zero-order valence-corrected chi connectivity index (χ0v) is 15.6. The van der Waals surface area contributed by atoms with E-state index in [9.17, 15) is 4.79 Å². The summed E-state index contributed by atoms with van der Waals surface area (Å²) in [5.41, 5.74) is 8.61. The van der Waals surface area contributed by atoms with Gasteiger partial charge in [0.1, 0.15) is 9.45 Å². The lowest BCUT2D eigenvalue weighted by molar-refractivity contribution is -0.113. The van der Waals surface area contributed by atoms with Gasteiger partial charge in [-0.05, 0) is 46.9 Å². The molecule has 0 aliphatic heterocycles. The predicted octanol–water partition coefficient (Wildman–Crippen LogP) is 2.88. The number of nitrogens with one attached hydrogen (secondary N) is 2. The van der Waals surface area contributed by atoms with Crippen LogP contribution >= 0.6 is 34.4 Å². The molecule has 2 aromatic heterocycles. The second-order valence-corrected chi connectivity index (χ2v) is 6.93. The molecule has 1 aromatic carbocycles. The van der Waals surface area contributed by atoms with Crippen LogP contribution < -0.4 is 15.8 Å². The minimum atomic E-state index is -0.141.